The molecule has 3 heterocycles. The Morgan fingerprint density at radius 3 is 1.86 bits per heavy atom. The van der Waals surface area contributed by atoms with Crippen LogP contribution >= 0.6 is 11.3 Å². The first-order valence-corrected chi connectivity index (χ1v) is 15.5. The SMILES string of the molecule is c1ccc2c(-n3c4ccccc4c4c(-n5c6ccccc6c6ccc7c8ccccc8sc7c65)cccc43)cccc2c1. The molecule has 10 aromatic rings. The Hall–Kier alpha value is -5.38. The van der Waals surface area contributed by atoms with E-state index in [4.69, 9.17) is 0 Å². The Morgan fingerprint density at radius 1 is 0.372 bits per heavy atom. The van der Waals surface area contributed by atoms with E-state index in [1.54, 1.807) is 0 Å². The maximum Gasteiger partial charge on any atom is 0.0720 e. The lowest BCUT2D eigenvalue weighted by Crippen LogP contribution is -1.97. The highest BCUT2D eigenvalue weighted by molar-refractivity contribution is 7.26. The van der Waals surface area contributed by atoms with Gasteiger partial charge in [0.05, 0.1) is 38.1 Å². The van der Waals surface area contributed by atoms with Crippen molar-refractivity contribution in [1.82, 2.24) is 9.13 Å². The van der Waals surface area contributed by atoms with Crippen LogP contribution in [0.1, 0.15) is 0 Å². The number of fused-ring (bicyclic) bond motifs is 11. The molecular formula is C40H24N2S. The minimum Gasteiger partial charge on any atom is -0.309 e. The van der Waals surface area contributed by atoms with E-state index in [2.05, 4.69) is 155 Å². The number of hydrogen-bond acceptors (Lipinski definition) is 1. The number of nitrogens with zero attached hydrogens (tertiary/aromatic N) is 2. The number of hydrogen-bond donors (Lipinski definition) is 0. The van der Waals surface area contributed by atoms with Crippen molar-refractivity contribution in [1.29, 1.82) is 0 Å². The Bertz CT molecular complexity index is 2730. The van der Waals surface area contributed by atoms with Crippen LogP contribution in [-0.2, 0) is 0 Å². The third-order valence-electron chi connectivity index (χ3n) is 9.10. The molecule has 7 aromatic carbocycles. The van der Waals surface area contributed by atoms with Crippen molar-refractivity contribution in [2.75, 3.05) is 0 Å². The molecule has 0 atom stereocenters. The smallest absolute Gasteiger partial charge is 0.0720 e. The first-order valence-electron chi connectivity index (χ1n) is 14.7. The van der Waals surface area contributed by atoms with Gasteiger partial charge in [-0.05, 0) is 41.8 Å². The molecule has 0 fully saturated rings. The van der Waals surface area contributed by atoms with Gasteiger partial charge in [-0.2, -0.15) is 0 Å². The molecule has 200 valence electrons. The van der Waals surface area contributed by atoms with Crippen molar-refractivity contribution in [3.8, 4) is 11.4 Å². The minimum absolute atomic E-state index is 1.20. The minimum atomic E-state index is 1.20. The van der Waals surface area contributed by atoms with Gasteiger partial charge in [-0.3, -0.25) is 0 Å². The molecule has 0 aliphatic rings. The number of aromatic nitrogens is 2. The normalized spacial score (nSPS) is 12.2. The lowest BCUT2D eigenvalue weighted by atomic mass is 10.1. The molecule has 3 aromatic heterocycles. The van der Waals surface area contributed by atoms with E-state index in [1.165, 1.54) is 85.9 Å². The van der Waals surface area contributed by atoms with Crippen LogP contribution < -0.4 is 0 Å². The molecule has 0 unspecified atom stereocenters. The topological polar surface area (TPSA) is 9.86 Å². The molecule has 0 saturated heterocycles. The predicted molar refractivity (Wildman–Crippen MR) is 186 cm³/mol. The fourth-order valence-electron chi connectivity index (χ4n) is 7.33. The summed E-state index contributed by atoms with van der Waals surface area (Å²) in [4.78, 5) is 0. The highest BCUT2D eigenvalue weighted by Gasteiger charge is 2.22. The van der Waals surface area contributed by atoms with E-state index < -0.39 is 0 Å². The Balaban J connectivity index is 1.41. The number of thiophene rings is 1. The first-order chi connectivity index (χ1) is 21.4. The van der Waals surface area contributed by atoms with Gasteiger partial charge in [0, 0.05) is 42.4 Å². The van der Waals surface area contributed by atoms with E-state index in [9.17, 15) is 0 Å². The molecular weight excluding hydrogens is 541 g/mol. The maximum absolute atomic E-state index is 2.53. The lowest BCUT2D eigenvalue weighted by Gasteiger charge is -2.13. The van der Waals surface area contributed by atoms with Gasteiger partial charge in [-0.1, -0.05) is 109 Å². The molecule has 0 aliphatic heterocycles. The third kappa shape index (κ3) is 3.07. The summed E-state index contributed by atoms with van der Waals surface area (Å²) in [6.07, 6.45) is 0. The summed E-state index contributed by atoms with van der Waals surface area (Å²) in [5.74, 6) is 0. The van der Waals surface area contributed by atoms with Gasteiger partial charge in [0.2, 0.25) is 0 Å². The quantitative estimate of drug-likeness (QED) is 0.198. The van der Waals surface area contributed by atoms with Crippen LogP contribution in [0.15, 0.2) is 146 Å². The zero-order valence-electron chi connectivity index (χ0n) is 23.2. The van der Waals surface area contributed by atoms with Gasteiger partial charge in [0.1, 0.15) is 0 Å². The van der Waals surface area contributed by atoms with E-state index in [1.807, 2.05) is 11.3 Å². The second kappa shape index (κ2) is 8.57. The molecule has 0 radical (unpaired) electrons. The Labute approximate surface area is 251 Å². The van der Waals surface area contributed by atoms with Crippen LogP contribution in [0.25, 0.3) is 85.9 Å². The summed E-state index contributed by atoms with van der Waals surface area (Å²) >= 11 is 1.90. The molecule has 0 spiro atoms. The van der Waals surface area contributed by atoms with Gasteiger partial charge in [-0.25, -0.2) is 0 Å². The van der Waals surface area contributed by atoms with Crippen molar-refractivity contribution < 1.29 is 0 Å². The van der Waals surface area contributed by atoms with E-state index in [-0.39, 0.29) is 0 Å². The van der Waals surface area contributed by atoms with Crippen LogP contribution in [0.3, 0.4) is 0 Å². The van der Waals surface area contributed by atoms with E-state index >= 15 is 0 Å². The Morgan fingerprint density at radius 2 is 0.977 bits per heavy atom. The largest absolute Gasteiger partial charge is 0.309 e. The van der Waals surface area contributed by atoms with Crippen molar-refractivity contribution in [3.05, 3.63) is 146 Å². The Kier molecular flexibility index (Phi) is 4.63. The summed E-state index contributed by atoms with van der Waals surface area (Å²) in [5, 5.41) is 10.3. The van der Waals surface area contributed by atoms with Crippen molar-refractivity contribution in [2.24, 2.45) is 0 Å². The number of rotatable bonds is 2. The van der Waals surface area contributed by atoms with E-state index in [0.29, 0.717) is 0 Å². The number of benzene rings is 7. The summed E-state index contributed by atoms with van der Waals surface area (Å²) in [5.41, 5.74) is 7.37. The van der Waals surface area contributed by atoms with Crippen molar-refractivity contribution in [2.45, 2.75) is 0 Å². The van der Waals surface area contributed by atoms with Gasteiger partial charge in [-0.15, -0.1) is 11.3 Å². The first kappa shape index (κ1) is 23.2. The molecule has 0 aliphatic carbocycles. The molecule has 10 rings (SSSR count). The van der Waals surface area contributed by atoms with Gasteiger partial charge in [0.15, 0.2) is 0 Å². The van der Waals surface area contributed by atoms with Crippen LogP contribution in [0.4, 0.5) is 0 Å². The molecule has 0 bridgehead atoms. The van der Waals surface area contributed by atoms with Crippen molar-refractivity contribution >= 4 is 85.9 Å². The fraction of sp³-hybridized carbons (Fsp3) is 0. The fourth-order valence-corrected chi connectivity index (χ4v) is 8.57. The zero-order valence-corrected chi connectivity index (χ0v) is 24.0. The highest BCUT2D eigenvalue weighted by atomic mass is 32.1. The summed E-state index contributed by atoms with van der Waals surface area (Å²) in [7, 11) is 0. The molecule has 0 N–H and O–H groups in total. The van der Waals surface area contributed by atoms with Crippen LogP contribution in [-0.4, -0.2) is 9.13 Å². The molecule has 2 nitrogen and oxygen atoms in total. The summed E-state index contributed by atoms with van der Waals surface area (Å²) < 4.78 is 7.65. The second-order valence-corrected chi connectivity index (χ2v) is 12.4. The summed E-state index contributed by atoms with van der Waals surface area (Å²) in [6, 6.07) is 53.3. The van der Waals surface area contributed by atoms with Crippen LogP contribution in [0, 0.1) is 0 Å². The van der Waals surface area contributed by atoms with Gasteiger partial charge < -0.3 is 9.13 Å². The number of para-hydroxylation sites is 2. The average Bonchev–Trinajstić information content (AvgIpc) is 3.72. The van der Waals surface area contributed by atoms with Gasteiger partial charge in [0.25, 0.3) is 0 Å². The van der Waals surface area contributed by atoms with Crippen LogP contribution in [0.5, 0.6) is 0 Å². The average molecular weight is 565 g/mol. The van der Waals surface area contributed by atoms with Crippen molar-refractivity contribution in [3.63, 3.8) is 0 Å². The monoisotopic (exact) mass is 564 g/mol. The summed E-state index contributed by atoms with van der Waals surface area (Å²) in [6.45, 7) is 0. The second-order valence-electron chi connectivity index (χ2n) is 11.3. The highest BCUT2D eigenvalue weighted by Crippen LogP contribution is 2.45. The lowest BCUT2D eigenvalue weighted by molar-refractivity contribution is 1.18. The third-order valence-corrected chi connectivity index (χ3v) is 10.3. The molecule has 43 heavy (non-hydrogen) atoms. The molecule has 0 saturated carbocycles. The maximum atomic E-state index is 2.53. The predicted octanol–water partition coefficient (Wildman–Crippen LogP) is 11.4. The zero-order chi connectivity index (χ0) is 28.1. The van der Waals surface area contributed by atoms with Gasteiger partial charge >= 0.3 is 0 Å². The molecule has 3 heteroatoms. The van der Waals surface area contributed by atoms with Crippen LogP contribution in [0.2, 0.25) is 0 Å². The molecule has 0 amide bonds. The van der Waals surface area contributed by atoms with E-state index in [0.717, 1.165) is 0 Å². The standard InChI is InChI=1S/C40H24N2S/c1-2-13-26-25(11-1)12-9-19-32(26)41-34-18-7-4-16-31(34)38-35(41)20-10-21-36(38)42-33-17-6-3-14-27(33)29-23-24-30-28-15-5-8-22-37(28)43-40(30)39(29)42/h1-24H.